The maximum Gasteiger partial charge on any atom is 0.344 e. The van der Waals surface area contributed by atoms with E-state index in [2.05, 4.69) is 10.6 Å². The van der Waals surface area contributed by atoms with Crippen molar-refractivity contribution < 1.29 is 41.7 Å². The van der Waals surface area contributed by atoms with Gasteiger partial charge in [-0.2, -0.15) is 0 Å². The van der Waals surface area contributed by atoms with Gasteiger partial charge in [-0.1, -0.05) is 0 Å². The van der Waals surface area contributed by atoms with Crippen molar-refractivity contribution in [2.75, 3.05) is 49.4 Å². The number of ether oxygens (including phenoxy) is 4. The molecule has 0 saturated carbocycles. The molecular formula is C27H29N3O9S. The van der Waals surface area contributed by atoms with Gasteiger partial charge < -0.3 is 29.6 Å². The van der Waals surface area contributed by atoms with Crippen LogP contribution in [0, 0.1) is 0 Å². The number of hydrogen-bond acceptors (Lipinski definition) is 9. The van der Waals surface area contributed by atoms with Crippen molar-refractivity contribution in [3.8, 4) is 17.2 Å². The van der Waals surface area contributed by atoms with Crippen LogP contribution in [0.1, 0.15) is 6.92 Å². The first-order valence-electron chi connectivity index (χ1n) is 11.8. The van der Waals surface area contributed by atoms with Crippen molar-refractivity contribution in [2.24, 2.45) is 0 Å². The Morgan fingerprint density at radius 1 is 0.825 bits per heavy atom. The molecule has 0 spiro atoms. The van der Waals surface area contributed by atoms with E-state index in [1.54, 1.807) is 18.2 Å². The highest BCUT2D eigenvalue weighted by Gasteiger charge is 2.21. The molecule has 0 fully saturated rings. The quantitative estimate of drug-likeness (QED) is 0.313. The first-order chi connectivity index (χ1) is 19.0. The Morgan fingerprint density at radius 2 is 1.48 bits per heavy atom. The second-order valence-corrected chi connectivity index (χ2v) is 10.2. The van der Waals surface area contributed by atoms with Gasteiger partial charge in [-0.3, -0.25) is 13.9 Å². The van der Waals surface area contributed by atoms with E-state index < -0.39 is 35.1 Å². The number of carbonyl (C=O) groups is 3. The molecule has 2 N–H and O–H groups in total. The fourth-order valence-electron chi connectivity index (χ4n) is 3.38. The zero-order valence-corrected chi connectivity index (χ0v) is 23.1. The van der Waals surface area contributed by atoms with Gasteiger partial charge in [0, 0.05) is 25.7 Å². The number of esters is 1. The number of sulfonamides is 1. The highest BCUT2D eigenvalue weighted by molar-refractivity contribution is 7.92. The first-order valence-corrected chi connectivity index (χ1v) is 13.2. The SMILES string of the molecule is COc1ccc(NC(=O)COC(=O)COc2ccc(N(C)S(=O)(=O)c3ccc(NC(C)=O)cc3)cc2)c(OC)c1. The Kier molecular flexibility index (Phi) is 9.92. The summed E-state index contributed by atoms with van der Waals surface area (Å²) < 4.78 is 47.7. The van der Waals surface area contributed by atoms with Crippen molar-refractivity contribution in [1.82, 2.24) is 0 Å². The molecule has 0 aliphatic carbocycles. The normalized spacial score (nSPS) is 10.7. The van der Waals surface area contributed by atoms with E-state index in [4.69, 9.17) is 18.9 Å². The summed E-state index contributed by atoms with van der Waals surface area (Å²) in [5, 5.41) is 5.16. The highest BCUT2D eigenvalue weighted by atomic mass is 32.2. The molecule has 3 aromatic carbocycles. The highest BCUT2D eigenvalue weighted by Crippen LogP contribution is 2.29. The Hall–Kier alpha value is -4.78. The van der Waals surface area contributed by atoms with Crippen LogP contribution in [-0.4, -0.2) is 60.7 Å². The van der Waals surface area contributed by atoms with Gasteiger partial charge in [-0.15, -0.1) is 0 Å². The lowest BCUT2D eigenvalue weighted by molar-refractivity contribution is -0.149. The summed E-state index contributed by atoms with van der Waals surface area (Å²) in [5.74, 6) is -0.394. The summed E-state index contributed by atoms with van der Waals surface area (Å²) in [5.41, 5.74) is 1.22. The molecule has 2 amide bonds. The van der Waals surface area contributed by atoms with Crippen LogP contribution in [0.2, 0.25) is 0 Å². The number of nitrogens with one attached hydrogen (secondary N) is 2. The van der Waals surface area contributed by atoms with E-state index in [9.17, 15) is 22.8 Å². The van der Waals surface area contributed by atoms with Crippen LogP contribution in [0.25, 0.3) is 0 Å². The molecule has 0 aliphatic heterocycles. The van der Waals surface area contributed by atoms with Crippen molar-refractivity contribution in [2.45, 2.75) is 11.8 Å². The van der Waals surface area contributed by atoms with Crippen LogP contribution in [0.15, 0.2) is 71.6 Å². The first kappa shape index (κ1) is 29.8. The Balaban J connectivity index is 1.50. The summed E-state index contributed by atoms with van der Waals surface area (Å²) in [4.78, 5) is 35.4. The molecule has 0 radical (unpaired) electrons. The van der Waals surface area contributed by atoms with Crippen LogP contribution in [-0.2, 0) is 29.1 Å². The molecule has 0 aliphatic rings. The van der Waals surface area contributed by atoms with E-state index in [0.717, 1.165) is 4.31 Å². The van der Waals surface area contributed by atoms with Gasteiger partial charge in [-0.25, -0.2) is 13.2 Å². The van der Waals surface area contributed by atoms with E-state index >= 15 is 0 Å². The summed E-state index contributed by atoms with van der Waals surface area (Å²) in [7, 11) is 0.481. The van der Waals surface area contributed by atoms with Crippen LogP contribution in [0.4, 0.5) is 17.1 Å². The van der Waals surface area contributed by atoms with Gasteiger partial charge in [0.2, 0.25) is 5.91 Å². The van der Waals surface area contributed by atoms with Gasteiger partial charge in [-0.05, 0) is 60.7 Å². The molecule has 13 heteroatoms. The lowest BCUT2D eigenvalue weighted by Gasteiger charge is -2.20. The lowest BCUT2D eigenvalue weighted by atomic mass is 10.2. The largest absolute Gasteiger partial charge is 0.497 e. The Morgan fingerprint density at radius 3 is 2.08 bits per heavy atom. The van der Waals surface area contributed by atoms with E-state index in [1.165, 1.54) is 76.7 Å². The lowest BCUT2D eigenvalue weighted by Crippen LogP contribution is -2.26. The Labute approximate surface area is 231 Å². The number of anilines is 3. The van der Waals surface area contributed by atoms with Crippen LogP contribution in [0.5, 0.6) is 17.2 Å². The fourth-order valence-corrected chi connectivity index (χ4v) is 4.58. The molecule has 0 unspecified atom stereocenters. The third kappa shape index (κ3) is 7.86. The minimum Gasteiger partial charge on any atom is -0.497 e. The van der Waals surface area contributed by atoms with E-state index in [1.807, 2.05) is 0 Å². The molecule has 0 atom stereocenters. The average Bonchev–Trinajstić information content (AvgIpc) is 2.95. The number of benzene rings is 3. The maximum atomic E-state index is 13.0. The predicted molar refractivity (Wildman–Crippen MR) is 147 cm³/mol. The summed E-state index contributed by atoms with van der Waals surface area (Å²) in [6.45, 7) is 0.356. The van der Waals surface area contributed by atoms with Crippen molar-refractivity contribution in [1.29, 1.82) is 0 Å². The predicted octanol–water partition coefficient (Wildman–Crippen LogP) is 3.05. The van der Waals surface area contributed by atoms with E-state index in [-0.39, 0.29) is 10.8 Å². The van der Waals surface area contributed by atoms with Crippen LogP contribution < -0.4 is 29.1 Å². The Bertz CT molecular complexity index is 1460. The zero-order chi connectivity index (χ0) is 29.3. The fraction of sp³-hybridized carbons (Fsp3) is 0.222. The molecule has 3 aromatic rings. The molecule has 0 bridgehead atoms. The number of amides is 2. The minimum atomic E-state index is -3.87. The van der Waals surface area contributed by atoms with Gasteiger partial charge >= 0.3 is 5.97 Å². The maximum absolute atomic E-state index is 13.0. The molecule has 0 heterocycles. The molecule has 40 heavy (non-hydrogen) atoms. The molecule has 0 aromatic heterocycles. The number of carbonyl (C=O) groups excluding carboxylic acids is 3. The third-order valence-corrected chi connectivity index (χ3v) is 7.24. The van der Waals surface area contributed by atoms with Crippen molar-refractivity contribution in [3.05, 3.63) is 66.7 Å². The number of hydrogen-bond donors (Lipinski definition) is 2. The topological polar surface area (TPSA) is 150 Å². The molecule has 212 valence electrons. The van der Waals surface area contributed by atoms with Gasteiger partial charge in [0.1, 0.15) is 17.2 Å². The summed E-state index contributed by atoms with van der Waals surface area (Å²) in [6.07, 6.45) is 0. The van der Waals surface area contributed by atoms with Crippen LogP contribution >= 0.6 is 0 Å². The average molecular weight is 572 g/mol. The summed E-state index contributed by atoms with van der Waals surface area (Å²) in [6, 6.07) is 16.6. The zero-order valence-electron chi connectivity index (χ0n) is 22.3. The van der Waals surface area contributed by atoms with Crippen molar-refractivity contribution in [3.63, 3.8) is 0 Å². The summed E-state index contributed by atoms with van der Waals surface area (Å²) >= 11 is 0. The second-order valence-electron chi connectivity index (χ2n) is 8.24. The number of rotatable bonds is 12. The third-order valence-electron chi connectivity index (χ3n) is 5.44. The minimum absolute atomic E-state index is 0.0432. The molecule has 3 rings (SSSR count). The molecule has 0 saturated heterocycles. The number of nitrogens with zero attached hydrogens (tertiary/aromatic N) is 1. The van der Waals surface area contributed by atoms with Gasteiger partial charge in [0.25, 0.3) is 15.9 Å². The van der Waals surface area contributed by atoms with Crippen LogP contribution in [0.3, 0.4) is 0 Å². The second kappa shape index (κ2) is 13.3. The number of methoxy groups -OCH3 is 2. The van der Waals surface area contributed by atoms with Crippen molar-refractivity contribution >= 4 is 44.9 Å². The molecular weight excluding hydrogens is 542 g/mol. The van der Waals surface area contributed by atoms with Gasteiger partial charge in [0.15, 0.2) is 13.2 Å². The van der Waals surface area contributed by atoms with Gasteiger partial charge in [0.05, 0.1) is 30.5 Å². The smallest absolute Gasteiger partial charge is 0.344 e. The monoisotopic (exact) mass is 571 g/mol. The van der Waals surface area contributed by atoms with E-state index in [0.29, 0.717) is 34.3 Å². The standard InChI is InChI=1S/C27H29N3O9S/c1-18(31)28-19-5-12-23(13-6-19)40(34,35)30(2)20-7-9-21(10-8-20)38-17-27(33)39-16-26(32)29-24-14-11-22(36-3)15-25(24)37-4/h5-15H,16-17H2,1-4H3,(H,28,31)(H,29,32). The molecule has 12 nitrogen and oxygen atoms in total.